The summed E-state index contributed by atoms with van der Waals surface area (Å²) in [6.07, 6.45) is 1.02. The second-order valence-corrected chi connectivity index (χ2v) is 4.45. The first kappa shape index (κ1) is 10.5. The highest BCUT2D eigenvalue weighted by atomic mass is 35.5. The first-order valence-electron chi connectivity index (χ1n) is 5.57. The van der Waals surface area contributed by atoms with Gasteiger partial charge in [0.25, 0.3) is 0 Å². The molecule has 2 heterocycles. The van der Waals surface area contributed by atoms with Crippen LogP contribution in [0.1, 0.15) is 5.56 Å². The molecular formula is C12H13ClN4. The normalized spacial score (nSPS) is 18.9. The number of benzene rings is 1. The summed E-state index contributed by atoms with van der Waals surface area (Å²) in [7, 11) is 0. The number of aliphatic imine (C=N–C) groups is 1. The summed E-state index contributed by atoms with van der Waals surface area (Å²) in [6.45, 7) is 1.39. The van der Waals surface area contributed by atoms with Crippen LogP contribution in [0.25, 0.3) is 0 Å². The molecule has 0 amide bonds. The Balaban J connectivity index is 2.00. The van der Waals surface area contributed by atoms with Gasteiger partial charge >= 0.3 is 0 Å². The minimum atomic E-state index is 0.480. The van der Waals surface area contributed by atoms with E-state index in [4.69, 9.17) is 17.3 Å². The maximum Gasteiger partial charge on any atom is 0.156 e. The number of nitrogens with two attached hydrogens (primary N) is 1. The van der Waals surface area contributed by atoms with Crippen molar-refractivity contribution < 1.29 is 0 Å². The van der Waals surface area contributed by atoms with E-state index in [0.29, 0.717) is 17.5 Å². The van der Waals surface area contributed by atoms with E-state index < -0.39 is 0 Å². The summed E-state index contributed by atoms with van der Waals surface area (Å²) in [4.78, 5) is 6.54. The maximum atomic E-state index is 6.00. The van der Waals surface area contributed by atoms with Crippen LogP contribution in [-0.2, 0) is 6.42 Å². The lowest BCUT2D eigenvalue weighted by atomic mass is 10.2. The molecule has 5 heteroatoms. The zero-order valence-electron chi connectivity index (χ0n) is 9.28. The molecule has 2 aliphatic heterocycles. The van der Waals surface area contributed by atoms with Crippen LogP contribution in [0.15, 0.2) is 40.1 Å². The predicted molar refractivity (Wildman–Crippen MR) is 70.0 cm³/mol. The van der Waals surface area contributed by atoms with Crippen molar-refractivity contribution >= 4 is 23.1 Å². The van der Waals surface area contributed by atoms with Gasteiger partial charge in [-0.15, -0.1) is 0 Å². The van der Waals surface area contributed by atoms with Crippen LogP contribution < -0.4 is 16.0 Å². The van der Waals surface area contributed by atoms with Crippen LogP contribution in [0.2, 0.25) is 0 Å². The highest BCUT2D eigenvalue weighted by Crippen LogP contribution is 2.29. The number of anilines is 1. The molecule has 0 unspecified atom stereocenters. The Morgan fingerprint density at radius 3 is 3.06 bits per heavy atom. The number of rotatable bonds is 0. The highest BCUT2D eigenvalue weighted by Gasteiger charge is 2.26. The van der Waals surface area contributed by atoms with E-state index >= 15 is 0 Å². The topological polar surface area (TPSA) is 53.6 Å². The first-order valence-corrected chi connectivity index (χ1v) is 5.94. The lowest BCUT2D eigenvalue weighted by molar-refractivity contribution is 0.830. The van der Waals surface area contributed by atoms with Gasteiger partial charge in [-0.1, -0.05) is 29.8 Å². The molecule has 0 aliphatic carbocycles. The molecule has 4 nitrogen and oxygen atoms in total. The van der Waals surface area contributed by atoms with Gasteiger partial charge in [-0.05, 0) is 18.1 Å². The maximum absolute atomic E-state index is 6.00. The molecule has 3 rings (SSSR count). The number of nitrogens with one attached hydrogen (secondary N) is 1. The second kappa shape index (κ2) is 3.96. The predicted octanol–water partition coefficient (Wildman–Crippen LogP) is 1.37. The summed E-state index contributed by atoms with van der Waals surface area (Å²) in [5.41, 5.74) is 9.01. The molecule has 1 aromatic rings. The van der Waals surface area contributed by atoms with Crippen molar-refractivity contribution in [2.75, 3.05) is 18.1 Å². The fourth-order valence-electron chi connectivity index (χ4n) is 2.25. The standard InChI is InChI=1S/C12H13ClN4/c13-11-10(14)12(16-7-15-11)17-6-5-8-3-1-2-4-9(8)17/h1-4,15H,5-7,14H2. The van der Waals surface area contributed by atoms with E-state index in [9.17, 15) is 0 Å². The number of hydrogen-bond acceptors (Lipinski definition) is 4. The zero-order valence-corrected chi connectivity index (χ0v) is 10.0. The smallest absolute Gasteiger partial charge is 0.156 e. The molecule has 2 aliphatic rings. The van der Waals surface area contributed by atoms with Gasteiger partial charge in [-0.3, -0.25) is 0 Å². The molecule has 17 heavy (non-hydrogen) atoms. The van der Waals surface area contributed by atoms with E-state index in [-0.39, 0.29) is 0 Å². The van der Waals surface area contributed by atoms with Crippen LogP contribution in [0, 0.1) is 0 Å². The van der Waals surface area contributed by atoms with Crippen molar-refractivity contribution in [2.45, 2.75) is 6.42 Å². The van der Waals surface area contributed by atoms with Crippen molar-refractivity contribution in [3.63, 3.8) is 0 Å². The average molecular weight is 249 g/mol. The third kappa shape index (κ3) is 1.65. The molecule has 0 saturated carbocycles. The van der Waals surface area contributed by atoms with Gasteiger partial charge in [0.2, 0.25) is 0 Å². The molecule has 0 spiro atoms. The van der Waals surface area contributed by atoms with Gasteiger partial charge in [0.15, 0.2) is 5.84 Å². The number of amidine groups is 1. The quantitative estimate of drug-likeness (QED) is 0.682. The van der Waals surface area contributed by atoms with Gasteiger partial charge in [-0.2, -0.15) is 0 Å². The van der Waals surface area contributed by atoms with Gasteiger partial charge < -0.3 is 16.0 Å². The van der Waals surface area contributed by atoms with Gasteiger partial charge in [0, 0.05) is 12.2 Å². The molecule has 0 aromatic heterocycles. The largest absolute Gasteiger partial charge is 0.393 e. The number of hydrogen-bond donors (Lipinski definition) is 2. The first-order chi connectivity index (χ1) is 8.27. The van der Waals surface area contributed by atoms with Crippen molar-refractivity contribution in [3.8, 4) is 0 Å². The lowest BCUT2D eigenvalue weighted by Gasteiger charge is -2.25. The third-order valence-electron chi connectivity index (χ3n) is 3.08. The van der Waals surface area contributed by atoms with Gasteiger partial charge in [0.05, 0.1) is 0 Å². The molecule has 1 aromatic carbocycles. The average Bonchev–Trinajstić information content (AvgIpc) is 2.77. The molecule has 0 atom stereocenters. The fraction of sp³-hybridized carbons (Fsp3) is 0.250. The number of fused-ring (bicyclic) bond motifs is 1. The lowest BCUT2D eigenvalue weighted by Crippen LogP contribution is -2.38. The Hall–Kier alpha value is -1.68. The molecule has 0 bridgehead atoms. The Labute approximate surface area is 105 Å². The van der Waals surface area contributed by atoms with Crippen molar-refractivity contribution in [1.82, 2.24) is 5.32 Å². The zero-order chi connectivity index (χ0) is 11.8. The monoisotopic (exact) mass is 248 g/mol. The Kier molecular flexibility index (Phi) is 2.44. The van der Waals surface area contributed by atoms with Crippen LogP contribution in [0.3, 0.4) is 0 Å². The molecule has 0 fully saturated rings. The number of nitrogens with zero attached hydrogens (tertiary/aromatic N) is 2. The summed E-state index contributed by atoms with van der Waals surface area (Å²) in [6, 6.07) is 8.31. The van der Waals surface area contributed by atoms with Gasteiger partial charge in [0.1, 0.15) is 17.5 Å². The molecule has 88 valence electrons. The number of para-hydroxylation sites is 1. The number of halogens is 1. The van der Waals surface area contributed by atoms with E-state index in [2.05, 4.69) is 33.4 Å². The van der Waals surface area contributed by atoms with E-state index in [0.717, 1.165) is 18.8 Å². The third-order valence-corrected chi connectivity index (χ3v) is 3.42. The molecule has 0 radical (unpaired) electrons. The molecule has 0 saturated heterocycles. The van der Waals surface area contributed by atoms with Crippen LogP contribution in [-0.4, -0.2) is 19.0 Å². The van der Waals surface area contributed by atoms with Crippen LogP contribution >= 0.6 is 11.6 Å². The van der Waals surface area contributed by atoms with E-state index in [1.54, 1.807) is 0 Å². The van der Waals surface area contributed by atoms with Crippen LogP contribution in [0.4, 0.5) is 5.69 Å². The Bertz CT molecular complexity index is 521. The summed E-state index contributed by atoms with van der Waals surface area (Å²) < 4.78 is 0. The SMILES string of the molecule is NC1=C(Cl)NCN=C1N1CCc2ccccc21. The van der Waals surface area contributed by atoms with E-state index in [1.807, 2.05) is 6.07 Å². The van der Waals surface area contributed by atoms with Crippen molar-refractivity contribution in [1.29, 1.82) is 0 Å². The van der Waals surface area contributed by atoms with Gasteiger partial charge in [-0.25, -0.2) is 4.99 Å². The van der Waals surface area contributed by atoms with Crippen LogP contribution in [0.5, 0.6) is 0 Å². The van der Waals surface area contributed by atoms with E-state index in [1.165, 1.54) is 11.3 Å². The second-order valence-electron chi connectivity index (χ2n) is 4.07. The Morgan fingerprint density at radius 2 is 2.18 bits per heavy atom. The Morgan fingerprint density at radius 1 is 1.35 bits per heavy atom. The minimum Gasteiger partial charge on any atom is -0.393 e. The summed E-state index contributed by atoms with van der Waals surface area (Å²) in [5.74, 6) is 0.777. The summed E-state index contributed by atoms with van der Waals surface area (Å²) >= 11 is 6.00. The fourth-order valence-corrected chi connectivity index (χ4v) is 2.40. The van der Waals surface area contributed by atoms with Crippen molar-refractivity contribution in [3.05, 3.63) is 40.7 Å². The highest BCUT2D eigenvalue weighted by molar-refractivity contribution is 6.32. The van der Waals surface area contributed by atoms with Crippen molar-refractivity contribution in [2.24, 2.45) is 10.7 Å². The minimum absolute atomic E-state index is 0.480. The summed E-state index contributed by atoms with van der Waals surface area (Å²) in [5, 5.41) is 3.40. The molecular weight excluding hydrogens is 236 g/mol. The molecule has 3 N–H and O–H groups in total.